The number of hydrogen-bond donors (Lipinski definition) is 1. The van der Waals surface area contributed by atoms with Crippen molar-refractivity contribution in [2.75, 3.05) is 6.54 Å². The highest BCUT2D eigenvalue weighted by molar-refractivity contribution is 5.11. The zero-order valence-corrected chi connectivity index (χ0v) is 10.1. The SMILES string of the molecule is CCCNCc1cccc(Cn2cccn2)n1. The highest BCUT2D eigenvalue weighted by Crippen LogP contribution is 2.01. The Morgan fingerprint density at radius 3 is 2.88 bits per heavy atom. The van der Waals surface area contributed by atoms with E-state index in [1.54, 1.807) is 6.20 Å². The summed E-state index contributed by atoms with van der Waals surface area (Å²) in [6, 6.07) is 8.06. The van der Waals surface area contributed by atoms with Crippen LogP contribution in [0.25, 0.3) is 0 Å². The Labute approximate surface area is 102 Å². The topological polar surface area (TPSA) is 42.7 Å². The van der Waals surface area contributed by atoms with Crippen LogP contribution in [0.3, 0.4) is 0 Å². The second-order valence-electron chi connectivity index (χ2n) is 4.00. The molecule has 0 aliphatic rings. The normalized spacial score (nSPS) is 10.6. The molecule has 0 amide bonds. The molecule has 1 N–H and O–H groups in total. The smallest absolute Gasteiger partial charge is 0.0831 e. The van der Waals surface area contributed by atoms with Crippen LogP contribution in [-0.2, 0) is 13.1 Å². The molecule has 0 aliphatic carbocycles. The van der Waals surface area contributed by atoms with E-state index in [1.807, 2.05) is 23.0 Å². The number of rotatable bonds is 6. The third-order valence-electron chi connectivity index (χ3n) is 2.48. The molecule has 0 atom stereocenters. The predicted molar refractivity (Wildman–Crippen MR) is 67.6 cm³/mol. The van der Waals surface area contributed by atoms with Crippen LogP contribution in [0.5, 0.6) is 0 Å². The Balaban J connectivity index is 1.96. The monoisotopic (exact) mass is 230 g/mol. The maximum Gasteiger partial charge on any atom is 0.0831 e. The first-order valence-corrected chi connectivity index (χ1v) is 6.01. The third-order valence-corrected chi connectivity index (χ3v) is 2.48. The van der Waals surface area contributed by atoms with Crippen LogP contribution < -0.4 is 5.32 Å². The van der Waals surface area contributed by atoms with Gasteiger partial charge >= 0.3 is 0 Å². The molecule has 17 heavy (non-hydrogen) atoms. The maximum absolute atomic E-state index is 4.60. The van der Waals surface area contributed by atoms with E-state index in [0.717, 1.165) is 37.4 Å². The number of hydrogen-bond acceptors (Lipinski definition) is 3. The Morgan fingerprint density at radius 2 is 2.12 bits per heavy atom. The van der Waals surface area contributed by atoms with Gasteiger partial charge in [-0.05, 0) is 31.2 Å². The first kappa shape index (κ1) is 11.8. The Morgan fingerprint density at radius 1 is 1.24 bits per heavy atom. The summed E-state index contributed by atoms with van der Waals surface area (Å²) in [5, 5.41) is 7.53. The van der Waals surface area contributed by atoms with E-state index in [0.29, 0.717) is 0 Å². The fourth-order valence-corrected chi connectivity index (χ4v) is 1.67. The lowest BCUT2D eigenvalue weighted by Gasteiger charge is -2.05. The molecule has 2 rings (SSSR count). The van der Waals surface area contributed by atoms with Crippen molar-refractivity contribution in [3.8, 4) is 0 Å². The molecule has 4 heteroatoms. The average Bonchev–Trinajstić information content (AvgIpc) is 2.83. The molecule has 0 fully saturated rings. The summed E-state index contributed by atoms with van der Waals surface area (Å²) in [4.78, 5) is 4.60. The van der Waals surface area contributed by atoms with E-state index in [2.05, 4.69) is 34.5 Å². The molecular weight excluding hydrogens is 212 g/mol. The standard InChI is InChI=1S/C13H18N4/c1-2-7-14-10-12-5-3-6-13(16-12)11-17-9-4-8-15-17/h3-6,8-9,14H,2,7,10-11H2,1H3. The summed E-state index contributed by atoms with van der Waals surface area (Å²) in [5.74, 6) is 0. The van der Waals surface area contributed by atoms with Gasteiger partial charge in [-0.2, -0.15) is 5.10 Å². The van der Waals surface area contributed by atoms with Crippen molar-refractivity contribution in [2.45, 2.75) is 26.4 Å². The molecule has 0 unspecified atom stereocenters. The van der Waals surface area contributed by atoms with E-state index in [-0.39, 0.29) is 0 Å². The molecule has 2 aromatic rings. The number of nitrogens with zero attached hydrogens (tertiary/aromatic N) is 3. The molecule has 0 radical (unpaired) electrons. The lowest BCUT2D eigenvalue weighted by Crippen LogP contribution is -2.15. The molecule has 0 aromatic carbocycles. The second-order valence-corrected chi connectivity index (χ2v) is 4.00. The molecule has 0 spiro atoms. The Bertz CT molecular complexity index is 436. The summed E-state index contributed by atoms with van der Waals surface area (Å²) in [6.07, 6.45) is 4.88. The average molecular weight is 230 g/mol. The van der Waals surface area contributed by atoms with E-state index in [9.17, 15) is 0 Å². The fourth-order valence-electron chi connectivity index (χ4n) is 1.67. The quantitative estimate of drug-likeness (QED) is 0.770. The minimum absolute atomic E-state index is 0.731. The summed E-state index contributed by atoms with van der Waals surface area (Å²) < 4.78 is 1.88. The van der Waals surface area contributed by atoms with Crippen LogP contribution in [-0.4, -0.2) is 21.3 Å². The molecule has 0 bridgehead atoms. The van der Waals surface area contributed by atoms with Gasteiger partial charge in [-0.25, -0.2) is 0 Å². The molecule has 2 heterocycles. The number of pyridine rings is 1. The van der Waals surface area contributed by atoms with E-state index < -0.39 is 0 Å². The zero-order chi connectivity index (χ0) is 11.9. The van der Waals surface area contributed by atoms with Gasteiger partial charge < -0.3 is 5.32 Å². The Kier molecular flexibility index (Phi) is 4.27. The first-order valence-electron chi connectivity index (χ1n) is 6.01. The third kappa shape index (κ3) is 3.67. The van der Waals surface area contributed by atoms with Gasteiger partial charge in [0.1, 0.15) is 0 Å². The van der Waals surface area contributed by atoms with E-state index in [1.165, 1.54) is 0 Å². The van der Waals surface area contributed by atoms with Gasteiger partial charge in [0.25, 0.3) is 0 Å². The highest BCUT2D eigenvalue weighted by atomic mass is 15.3. The van der Waals surface area contributed by atoms with Gasteiger partial charge in [0.2, 0.25) is 0 Å². The van der Waals surface area contributed by atoms with Gasteiger partial charge in [-0.3, -0.25) is 9.67 Å². The van der Waals surface area contributed by atoms with Crippen LogP contribution in [0.4, 0.5) is 0 Å². The van der Waals surface area contributed by atoms with Crippen LogP contribution in [0.2, 0.25) is 0 Å². The molecule has 90 valence electrons. The van der Waals surface area contributed by atoms with Gasteiger partial charge in [0.05, 0.1) is 17.9 Å². The maximum atomic E-state index is 4.60. The van der Waals surface area contributed by atoms with Crippen molar-refractivity contribution in [3.05, 3.63) is 48.0 Å². The summed E-state index contributed by atoms with van der Waals surface area (Å²) in [6.45, 7) is 4.76. The number of nitrogens with one attached hydrogen (secondary N) is 1. The number of aromatic nitrogens is 3. The molecule has 4 nitrogen and oxygen atoms in total. The van der Waals surface area contributed by atoms with Crippen LogP contribution in [0.1, 0.15) is 24.7 Å². The van der Waals surface area contributed by atoms with Crippen molar-refractivity contribution >= 4 is 0 Å². The lowest BCUT2D eigenvalue weighted by atomic mass is 10.3. The van der Waals surface area contributed by atoms with Crippen molar-refractivity contribution in [1.82, 2.24) is 20.1 Å². The van der Waals surface area contributed by atoms with Crippen molar-refractivity contribution < 1.29 is 0 Å². The van der Waals surface area contributed by atoms with E-state index >= 15 is 0 Å². The minimum Gasteiger partial charge on any atom is -0.311 e. The molecule has 0 saturated heterocycles. The lowest BCUT2D eigenvalue weighted by molar-refractivity contribution is 0.645. The van der Waals surface area contributed by atoms with Gasteiger partial charge in [-0.1, -0.05) is 13.0 Å². The first-order chi connectivity index (χ1) is 8.38. The second kappa shape index (κ2) is 6.15. The Hall–Kier alpha value is -1.68. The highest BCUT2D eigenvalue weighted by Gasteiger charge is 1.99. The summed E-state index contributed by atoms with van der Waals surface area (Å²) in [7, 11) is 0. The predicted octanol–water partition coefficient (Wildman–Crippen LogP) is 1.83. The van der Waals surface area contributed by atoms with Gasteiger partial charge in [0, 0.05) is 18.9 Å². The largest absolute Gasteiger partial charge is 0.311 e. The molecular formula is C13H18N4. The van der Waals surface area contributed by atoms with E-state index in [4.69, 9.17) is 0 Å². The summed E-state index contributed by atoms with van der Waals surface area (Å²) in [5.41, 5.74) is 2.13. The van der Waals surface area contributed by atoms with Crippen molar-refractivity contribution in [2.24, 2.45) is 0 Å². The molecule has 0 aliphatic heterocycles. The van der Waals surface area contributed by atoms with Crippen LogP contribution >= 0.6 is 0 Å². The van der Waals surface area contributed by atoms with Crippen LogP contribution in [0.15, 0.2) is 36.7 Å². The fraction of sp³-hybridized carbons (Fsp3) is 0.385. The summed E-state index contributed by atoms with van der Waals surface area (Å²) >= 11 is 0. The molecule has 2 aromatic heterocycles. The van der Waals surface area contributed by atoms with Crippen molar-refractivity contribution in [1.29, 1.82) is 0 Å². The minimum atomic E-state index is 0.731. The van der Waals surface area contributed by atoms with Gasteiger partial charge in [0.15, 0.2) is 0 Å². The van der Waals surface area contributed by atoms with Crippen LogP contribution in [0, 0.1) is 0 Å². The molecule has 0 saturated carbocycles. The van der Waals surface area contributed by atoms with Gasteiger partial charge in [-0.15, -0.1) is 0 Å². The zero-order valence-electron chi connectivity index (χ0n) is 10.1. The van der Waals surface area contributed by atoms with Crippen molar-refractivity contribution in [3.63, 3.8) is 0 Å².